The van der Waals surface area contributed by atoms with Gasteiger partial charge in [-0.1, -0.05) is 42.5 Å². The Morgan fingerprint density at radius 3 is 2.26 bits per heavy atom. The summed E-state index contributed by atoms with van der Waals surface area (Å²) in [5.41, 5.74) is 4.29. The van der Waals surface area contributed by atoms with Crippen molar-refractivity contribution in [2.75, 3.05) is 33.3 Å². The number of rotatable bonds is 4. The van der Waals surface area contributed by atoms with Gasteiger partial charge in [-0.3, -0.25) is 9.59 Å². The van der Waals surface area contributed by atoms with Crippen LogP contribution in [0.5, 0.6) is 5.75 Å². The minimum Gasteiger partial charge on any atom is -0.497 e. The van der Waals surface area contributed by atoms with Crippen molar-refractivity contribution in [2.45, 2.75) is 6.92 Å². The molecule has 172 valence electrons. The second-order valence-corrected chi connectivity index (χ2v) is 8.22. The Hall–Kier alpha value is -4.20. The molecule has 0 radical (unpaired) electrons. The van der Waals surface area contributed by atoms with E-state index in [0.717, 1.165) is 22.5 Å². The summed E-state index contributed by atoms with van der Waals surface area (Å²) in [6, 6.07) is 21.2. The zero-order valence-electron chi connectivity index (χ0n) is 19.1. The van der Waals surface area contributed by atoms with Gasteiger partial charge in [0.15, 0.2) is 5.65 Å². The largest absolute Gasteiger partial charge is 0.497 e. The number of carbonyl (C=O) groups excluding carboxylic acids is 2. The number of fused-ring (bicyclic) bond motifs is 1. The third-order valence-electron chi connectivity index (χ3n) is 6.09. The number of ether oxygens (including phenoxy) is 1. The summed E-state index contributed by atoms with van der Waals surface area (Å²) in [6.07, 6.45) is 0. The fourth-order valence-corrected chi connectivity index (χ4v) is 4.21. The van der Waals surface area contributed by atoms with E-state index in [4.69, 9.17) is 9.84 Å². The van der Waals surface area contributed by atoms with Crippen LogP contribution in [0.2, 0.25) is 0 Å². The average Bonchev–Trinajstić information content (AvgIpc) is 3.32. The lowest BCUT2D eigenvalue weighted by molar-refractivity contribution is -0.130. The summed E-state index contributed by atoms with van der Waals surface area (Å²) in [7, 11) is 1.62. The predicted molar refractivity (Wildman–Crippen MR) is 129 cm³/mol. The number of carbonyl (C=O) groups is 2. The Labute approximate surface area is 197 Å². The Kier molecular flexibility index (Phi) is 5.71. The molecule has 0 saturated carbocycles. The van der Waals surface area contributed by atoms with E-state index in [1.165, 1.54) is 0 Å². The van der Waals surface area contributed by atoms with Gasteiger partial charge in [0, 0.05) is 50.3 Å². The van der Waals surface area contributed by atoms with Gasteiger partial charge in [0.2, 0.25) is 5.91 Å². The molecule has 2 aromatic heterocycles. The molecule has 1 aliphatic rings. The van der Waals surface area contributed by atoms with E-state index in [9.17, 15) is 9.59 Å². The molecule has 4 aromatic rings. The van der Waals surface area contributed by atoms with Gasteiger partial charge >= 0.3 is 0 Å². The van der Waals surface area contributed by atoms with Crippen LogP contribution in [0.1, 0.15) is 17.4 Å². The Bertz CT molecular complexity index is 1360. The number of hydrogen-bond acceptors (Lipinski definition) is 5. The summed E-state index contributed by atoms with van der Waals surface area (Å²) in [5.74, 6) is 0.586. The number of nitrogens with zero attached hydrogens (tertiary/aromatic N) is 5. The van der Waals surface area contributed by atoms with Gasteiger partial charge < -0.3 is 14.5 Å². The number of hydrogen-bond donors (Lipinski definition) is 0. The fourth-order valence-electron chi connectivity index (χ4n) is 4.21. The van der Waals surface area contributed by atoms with Gasteiger partial charge in [-0.05, 0) is 18.2 Å². The summed E-state index contributed by atoms with van der Waals surface area (Å²) in [5, 5.41) is 4.80. The number of aromatic nitrogens is 3. The first-order valence-corrected chi connectivity index (χ1v) is 11.2. The van der Waals surface area contributed by atoms with E-state index in [1.807, 2.05) is 60.7 Å². The molecule has 0 atom stereocenters. The second-order valence-electron chi connectivity index (χ2n) is 8.22. The molecule has 1 saturated heterocycles. The summed E-state index contributed by atoms with van der Waals surface area (Å²) in [4.78, 5) is 33.2. The predicted octanol–water partition coefficient (Wildman–Crippen LogP) is 3.38. The quantitative estimate of drug-likeness (QED) is 0.471. The van der Waals surface area contributed by atoms with Crippen molar-refractivity contribution in [1.82, 2.24) is 24.4 Å². The highest BCUT2D eigenvalue weighted by Crippen LogP contribution is 2.28. The zero-order chi connectivity index (χ0) is 23.7. The lowest BCUT2D eigenvalue weighted by Crippen LogP contribution is -2.50. The van der Waals surface area contributed by atoms with Gasteiger partial charge in [0.05, 0.1) is 18.5 Å². The normalized spacial score (nSPS) is 13.8. The van der Waals surface area contributed by atoms with Crippen LogP contribution in [0.15, 0.2) is 66.7 Å². The second kappa shape index (κ2) is 8.97. The smallest absolute Gasteiger partial charge is 0.272 e. The SMILES string of the molecule is COc1cccc(-c2cc(C(=O)N3CCN(C(C)=O)CC3)nc3cc(-c4ccccc4)nn23)c1. The highest BCUT2D eigenvalue weighted by molar-refractivity contribution is 5.94. The maximum Gasteiger partial charge on any atom is 0.272 e. The van der Waals surface area contributed by atoms with Crippen LogP contribution in [0.25, 0.3) is 28.2 Å². The molecule has 1 aliphatic heterocycles. The molecule has 0 N–H and O–H groups in total. The molecule has 8 nitrogen and oxygen atoms in total. The van der Waals surface area contributed by atoms with Crippen LogP contribution in [0.3, 0.4) is 0 Å². The highest BCUT2D eigenvalue weighted by atomic mass is 16.5. The van der Waals surface area contributed by atoms with E-state index < -0.39 is 0 Å². The van der Waals surface area contributed by atoms with E-state index >= 15 is 0 Å². The Morgan fingerprint density at radius 2 is 1.56 bits per heavy atom. The molecular formula is C26H25N5O3. The number of benzene rings is 2. The maximum atomic E-state index is 13.4. The van der Waals surface area contributed by atoms with Gasteiger partial charge in [-0.25, -0.2) is 9.50 Å². The minimum absolute atomic E-state index is 0.0275. The first-order chi connectivity index (χ1) is 16.5. The van der Waals surface area contributed by atoms with Crippen LogP contribution in [-0.4, -0.2) is 69.5 Å². The van der Waals surface area contributed by atoms with Crippen molar-refractivity contribution >= 4 is 17.5 Å². The van der Waals surface area contributed by atoms with Crippen molar-refractivity contribution in [1.29, 1.82) is 0 Å². The highest BCUT2D eigenvalue weighted by Gasteiger charge is 2.25. The lowest BCUT2D eigenvalue weighted by atomic mass is 10.1. The summed E-state index contributed by atoms with van der Waals surface area (Å²) < 4.78 is 7.18. The van der Waals surface area contributed by atoms with E-state index in [0.29, 0.717) is 43.3 Å². The van der Waals surface area contributed by atoms with Crippen LogP contribution >= 0.6 is 0 Å². The van der Waals surface area contributed by atoms with Crippen molar-refractivity contribution in [3.05, 3.63) is 72.4 Å². The summed E-state index contributed by atoms with van der Waals surface area (Å²) >= 11 is 0. The monoisotopic (exact) mass is 455 g/mol. The maximum absolute atomic E-state index is 13.4. The number of methoxy groups -OCH3 is 1. The van der Waals surface area contributed by atoms with Crippen LogP contribution < -0.4 is 4.74 Å². The zero-order valence-corrected chi connectivity index (χ0v) is 19.1. The molecule has 0 aliphatic carbocycles. The molecule has 2 aromatic carbocycles. The Morgan fingerprint density at radius 1 is 0.853 bits per heavy atom. The third-order valence-corrected chi connectivity index (χ3v) is 6.09. The molecule has 3 heterocycles. The number of piperazine rings is 1. The molecule has 2 amide bonds. The molecule has 8 heteroatoms. The van der Waals surface area contributed by atoms with Crippen molar-refractivity contribution in [3.63, 3.8) is 0 Å². The molecule has 34 heavy (non-hydrogen) atoms. The van der Waals surface area contributed by atoms with Crippen molar-refractivity contribution in [2.24, 2.45) is 0 Å². The molecule has 0 bridgehead atoms. The van der Waals surface area contributed by atoms with Gasteiger partial charge in [-0.2, -0.15) is 5.10 Å². The van der Waals surface area contributed by atoms with Crippen LogP contribution in [-0.2, 0) is 4.79 Å². The first-order valence-electron chi connectivity index (χ1n) is 11.2. The molecule has 0 spiro atoms. The van der Waals surface area contributed by atoms with Crippen molar-refractivity contribution < 1.29 is 14.3 Å². The van der Waals surface area contributed by atoms with E-state index in [1.54, 1.807) is 34.4 Å². The molecular weight excluding hydrogens is 430 g/mol. The van der Waals surface area contributed by atoms with Gasteiger partial charge in [-0.15, -0.1) is 0 Å². The van der Waals surface area contributed by atoms with Crippen molar-refractivity contribution in [3.8, 4) is 28.3 Å². The lowest BCUT2D eigenvalue weighted by Gasteiger charge is -2.34. The molecule has 1 fully saturated rings. The third kappa shape index (κ3) is 4.10. The average molecular weight is 456 g/mol. The van der Waals surface area contributed by atoms with Crippen LogP contribution in [0, 0.1) is 0 Å². The van der Waals surface area contributed by atoms with Crippen LogP contribution in [0.4, 0.5) is 0 Å². The standard InChI is InChI=1S/C26H25N5O3/c1-18(32)29-11-13-30(14-12-29)26(33)23-16-24(20-9-6-10-21(15-20)34-2)31-25(27-23)17-22(28-31)19-7-4-3-5-8-19/h3-10,15-17H,11-14H2,1-2H3. The minimum atomic E-state index is -0.155. The topological polar surface area (TPSA) is 80.0 Å². The molecule has 0 unspecified atom stereocenters. The van der Waals surface area contributed by atoms with E-state index in [-0.39, 0.29) is 11.8 Å². The van der Waals surface area contributed by atoms with Gasteiger partial charge in [0.25, 0.3) is 5.91 Å². The summed E-state index contributed by atoms with van der Waals surface area (Å²) in [6.45, 7) is 3.56. The molecule has 5 rings (SSSR count). The van der Waals surface area contributed by atoms with E-state index in [2.05, 4.69) is 4.98 Å². The van der Waals surface area contributed by atoms with Gasteiger partial charge in [0.1, 0.15) is 11.4 Å². The first kappa shape index (κ1) is 21.6. The Balaban J connectivity index is 1.59. The number of amides is 2. The fraction of sp³-hybridized carbons (Fsp3) is 0.231.